The van der Waals surface area contributed by atoms with Crippen molar-refractivity contribution < 1.29 is 13.8 Å². The Morgan fingerprint density at radius 2 is 1.79 bits per heavy atom. The molecule has 0 bridgehead atoms. The summed E-state index contributed by atoms with van der Waals surface area (Å²) in [6, 6.07) is 6.85. The zero-order valence-corrected chi connectivity index (χ0v) is 7.84. The fraction of sp³-hybridized carbons (Fsp3) is 0. The molecule has 0 unspecified atom stereocenters. The third-order valence-electron chi connectivity index (χ3n) is 1.63. The fourth-order valence-electron chi connectivity index (χ4n) is 1.09. The summed E-state index contributed by atoms with van der Waals surface area (Å²) in [6.45, 7) is 0. The van der Waals surface area contributed by atoms with Crippen LogP contribution in [0.5, 0.6) is 0 Å². The van der Waals surface area contributed by atoms with Crippen molar-refractivity contribution in [1.29, 1.82) is 0 Å². The van der Waals surface area contributed by atoms with E-state index in [4.69, 9.17) is 4.21 Å². The summed E-state index contributed by atoms with van der Waals surface area (Å²) in [7, 11) is 0. The van der Waals surface area contributed by atoms with Gasteiger partial charge in [-0.3, -0.25) is 9.59 Å². The first-order valence-corrected chi connectivity index (χ1v) is 4.44. The molecule has 5 nitrogen and oxygen atoms in total. The number of fused-ring (bicyclic) bond motifs is 1. The summed E-state index contributed by atoms with van der Waals surface area (Å²) in [5, 5.41) is 6.67. The van der Waals surface area contributed by atoms with Crippen molar-refractivity contribution in [1.82, 2.24) is 0 Å². The highest BCUT2D eigenvalue weighted by Crippen LogP contribution is 2.21. The molecule has 1 heterocycles. The van der Waals surface area contributed by atoms with E-state index >= 15 is 0 Å². The maximum absolute atomic E-state index is 11.0. The first kappa shape index (κ1) is 10.4. The van der Waals surface area contributed by atoms with E-state index in [2.05, 4.69) is 10.5 Å². The van der Waals surface area contributed by atoms with E-state index in [9.17, 15) is 9.59 Å². The van der Waals surface area contributed by atoms with Gasteiger partial charge in [-0.15, -0.1) is 0 Å². The van der Waals surface area contributed by atoms with Crippen molar-refractivity contribution in [2.24, 2.45) is 5.14 Å². The number of amides is 1. The number of rotatable bonds is 0. The Balaban J connectivity index is 0.000000293. The lowest BCUT2D eigenvalue weighted by Crippen LogP contribution is -2.12. The van der Waals surface area contributed by atoms with Gasteiger partial charge in [0.2, 0.25) is 0 Å². The molecule has 1 aromatic carbocycles. The van der Waals surface area contributed by atoms with Crippen LogP contribution in [0.1, 0.15) is 10.4 Å². The van der Waals surface area contributed by atoms with E-state index in [1.807, 2.05) is 0 Å². The molecule has 1 aliphatic heterocycles. The minimum Gasteiger partial charge on any atom is -0.318 e. The van der Waals surface area contributed by atoms with Gasteiger partial charge in [-0.1, -0.05) is 12.1 Å². The molecule has 0 atom stereocenters. The highest BCUT2D eigenvalue weighted by atomic mass is 32.2. The Kier molecular flexibility index (Phi) is 3.38. The van der Waals surface area contributed by atoms with E-state index in [1.165, 1.54) is 0 Å². The van der Waals surface area contributed by atoms with Crippen LogP contribution in [0.4, 0.5) is 5.69 Å². The van der Waals surface area contributed by atoms with E-state index in [1.54, 1.807) is 24.3 Å². The van der Waals surface area contributed by atoms with Crippen LogP contribution >= 0.6 is 0 Å². The maximum atomic E-state index is 11.0. The van der Waals surface area contributed by atoms with E-state index < -0.39 is 11.7 Å². The molecule has 1 amide bonds. The lowest BCUT2D eigenvalue weighted by molar-refractivity contribution is -0.112. The van der Waals surface area contributed by atoms with E-state index in [0.717, 1.165) is 0 Å². The standard InChI is InChI=1S/C8H5NO2.H2NOS/c10-7-5-3-1-2-4-6(5)9-8(7)11;1-3-2/h1-4H,(H,9,10,11);(H2,1,2)/q;+1. The topological polar surface area (TPSA) is 89.3 Å². The molecular formula is C8H7N2O3S+. The molecule has 0 fully saturated rings. The summed E-state index contributed by atoms with van der Waals surface area (Å²) < 4.78 is 8.62. The zero-order chi connectivity index (χ0) is 10.6. The van der Waals surface area contributed by atoms with Gasteiger partial charge < -0.3 is 5.32 Å². The first-order chi connectivity index (χ1) is 6.70. The molecule has 0 aliphatic carbocycles. The molecule has 2 rings (SSSR count). The molecule has 1 aliphatic rings. The van der Waals surface area contributed by atoms with Crippen molar-refractivity contribution in [2.75, 3.05) is 5.32 Å². The molecule has 0 aromatic heterocycles. The second-order valence-electron chi connectivity index (χ2n) is 2.43. The summed E-state index contributed by atoms with van der Waals surface area (Å²) in [6.07, 6.45) is 0. The van der Waals surface area contributed by atoms with Crippen molar-refractivity contribution >= 4 is 29.2 Å². The summed E-state index contributed by atoms with van der Waals surface area (Å²) >= 11 is -0.000000000000000222. The van der Waals surface area contributed by atoms with E-state index in [0.29, 0.717) is 11.3 Å². The molecule has 6 heteroatoms. The van der Waals surface area contributed by atoms with Crippen LogP contribution in [0.3, 0.4) is 0 Å². The molecule has 14 heavy (non-hydrogen) atoms. The monoisotopic (exact) mass is 211 g/mol. The molecule has 3 N–H and O–H groups in total. The Labute approximate surface area is 83.9 Å². The smallest absolute Gasteiger partial charge is 0.318 e. The van der Waals surface area contributed by atoms with Crippen LogP contribution in [0, 0.1) is 0 Å². The second-order valence-corrected chi connectivity index (χ2v) is 2.62. The van der Waals surface area contributed by atoms with Gasteiger partial charge in [-0.05, 0) is 17.3 Å². The Morgan fingerprint density at radius 3 is 2.36 bits per heavy atom. The summed E-state index contributed by atoms with van der Waals surface area (Å²) in [4.78, 5) is 21.8. The van der Waals surface area contributed by atoms with Crippen LogP contribution in [0.25, 0.3) is 0 Å². The summed E-state index contributed by atoms with van der Waals surface area (Å²) in [5.74, 6) is -0.980. The van der Waals surface area contributed by atoms with Gasteiger partial charge in [-0.2, -0.15) is 0 Å². The predicted molar refractivity (Wildman–Crippen MR) is 51.6 cm³/mol. The number of ketones is 1. The SMILES string of the molecule is N[S+]=O.O=C1Nc2ccccc2C1=O. The minimum absolute atomic E-state index is 0.000000000000000222. The third kappa shape index (κ3) is 1.98. The number of carbonyl (C=O) groups excluding carboxylic acids is 2. The molecule has 0 saturated heterocycles. The number of Topliss-reactive ketones (excluding diaryl/α,β-unsaturated/α-hetero) is 1. The van der Waals surface area contributed by atoms with Gasteiger partial charge in [0.25, 0.3) is 11.7 Å². The molecule has 0 saturated carbocycles. The average molecular weight is 211 g/mol. The number of carbonyl (C=O) groups is 2. The third-order valence-corrected chi connectivity index (χ3v) is 1.63. The van der Waals surface area contributed by atoms with Crippen molar-refractivity contribution in [3.05, 3.63) is 29.8 Å². The van der Waals surface area contributed by atoms with Crippen molar-refractivity contribution in [3.63, 3.8) is 0 Å². The van der Waals surface area contributed by atoms with Crippen LogP contribution in [-0.4, -0.2) is 11.7 Å². The van der Waals surface area contributed by atoms with Crippen LogP contribution in [-0.2, 0) is 20.9 Å². The van der Waals surface area contributed by atoms with E-state index in [-0.39, 0.29) is 11.9 Å². The van der Waals surface area contributed by atoms with Gasteiger partial charge >= 0.3 is 11.9 Å². The number of anilines is 1. The highest BCUT2D eigenvalue weighted by molar-refractivity contribution is 7.62. The maximum Gasteiger partial charge on any atom is 0.584 e. The first-order valence-electron chi connectivity index (χ1n) is 3.64. The Hall–Kier alpha value is -1.66. The predicted octanol–water partition coefficient (Wildman–Crippen LogP) is 0.110. The van der Waals surface area contributed by atoms with Crippen LogP contribution in [0.15, 0.2) is 24.3 Å². The van der Waals surface area contributed by atoms with Gasteiger partial charge in [0.05, 0.1) is 15.5 Å². The molecule has 1 aromatic rings. The van der Waals surface area contributed by atoms with Crippen molar-refractivity contribution in [2.45, 2.75) is 0 Å². The summed E-state index contributed by atoms with van der Waals surface area (Å²) in [5.41, 5.74) is 1.08. The van der Waals surface area contributed by atoms with Crippen LogP contribution < -0.4 is 10.5 Å². The molecule has 0 radical (unpaired) electrons. The largest absolute Gasteiger partial charge is 0.584 e. The number of para-hydroxylation sites is 1. The second kappa shape index (κ2) is 4.54. The normalized spacial score (nSPS) is 12.4. The quantitative estimate of drug-likeness (QED) is 0.362. The number of hydrogen-bond acceptors (Lipinski definition) is 3. The molecular weight excluding hydrogens is 204 g/mol. The lowest BCUT2D eigenvalue weighted by Gasteiger charge is -1.91. The van der Waals surface area contributed by atoms with Crippen LogP contribution in [0.2, 0.25) is 0 Å². The van der Waals surface area contributed by atoms with Gasteiger partial charge in [-0.25, -0.2) is 0 Å². The number of benzene rings is 1. The average Bonchev–Trinajstić information content (AvgIpc) is 2.45. The Bertz CT molecular complexity index is 392. The molecule has 72 valence electrons. The lowest BCUT2D eigenvalue weighted by atomic mass is 10.1. The highest BCUT2D eigenvalue weighted by Gasteiger charge is 2.26. The molecule has 0 spiro atoms. The zero-order valence-electron chi connectivity index (χ0n) is 7.02. The van der Waals surface area contributed by atoms with Gasteiger partial charge in [0.15, 0.2) is 0 Å². The van der Waals surface area contributed by atoms with Gasteiger partial charge in [0.1, 0.15) is 0 Å². The fourth-order valence-corrected chi connectivity index (χ4v) is 1.09. The minimum atomic E-state index is -0.536. The number of hydrogen-bond donors (Lipinski definition) is 2. The number of nitrogens with one attached hydrogen (secondary N) is 1. The van der Waals surface area contributed by atoms with Gasteiger partial charge in [0, 0.05) is 0 Å². The van der Waals surface area contributed by atoms with Crippen molar-refractivity contribution in [3.8, 4) is 0 Å². The Morgan fingerprint density at radius 1 is 1.21 bits per heavy atom. The number of nitrogens with two attached hydrogens (primary N) is 1.